The van der Waals surface area contributed by atoms with Crippen molar-refractivity contribution >= 4 is 22.8 Å². The van der Waals surface area contributed by atoms with E-state index in [-0.39, 0.29) is 12.0 Å². The number of hydrogen-bond acceptors (Lipinski definition) is 5. The second kappa shape index (κ2) is 5.48. The molecule has 1 aromatic carbocycles. The summed E-state index contributed by atoms with van der Waals surface area (Å²) >= 11 is 0. The van der Waals surface area contributed by atoms with Crippen molar-refractivity contribution in [1.29, 1.82) is 0 Å². The van der Waals surface area contributed by atoms with Crippen molar-refractivity contribution in [2.75, 3.05) is 24.2 Å². The number of nitrogens with zero attached hydrogens (tertiary/aromatic N) is 1. The van der Waals surface area contributed by atoms with Gasteiger partial charge in [-0.1, -0.05) is 13.8 Å². The summed E-state index contributed by atoms with van der Waals surface area (Å²) in [4.78, 5) is 4.34. The molecule has 0 aliphatic heterocycles. The number of nitrogens with one attached hydrogen (secondary N) is 1. The molecule has 1 heterocycles. The van der Waals surface area contributed by atoms with Crippen molar-refractivity contribution in [2.24, 2.45) is 5.41 Å². The number of anilines is 2. The highest BCUT2D eigenvalue weighted by Gasteiger charge is 2.25. The van der Waals surface area contributed by atoms with E-state index in [9.17, 15) is 5.11 Å². The monoisotopic (exact) mass is 263 g/mol. The topological polar surface area (TPSA) is 84.3 Å². The lowest BCUT2D eigenvalue weighted by molar-refractivity contribution is 0.126. The van der Waals surface area contributed by atoms with Crippen LogP contribution in [0.2, 0.25) is 0 Å². The molecule has 0 spiro atoms. The lowest BCUT2D eigenvalue weighted by Crippen LogP contribution is -2.32. The van der Waals surface area contributed by atoms with Gasteiger partial charge in [-0.15, -0.1) is 0 Å². The van der Waals surface area contributed by atoms with Crippen molar-refractivity contribution in [3.8, 4) is 0 Å². The highest BCUT2D eigenvalue weighted by atomic mass is 16.4. The summed E-state index contributed by atoms with van der Waals surface area (Å²) in [5.74, 6) is 0. The van der Waals surface area contributed by atoms with Gasteiger partial charge in [0, 0.05) is 17.6 Å². The maximum Gasteiger partial charge on any atom is 0.295 e. The average Bonchev–Trinajstić information content (AvgIpc) is 2.83. The van der Waals surface area contributed by atoms with Crippen LogP contribution >= 0.6 is 0 Å². The molecular weight excluding hydrogens is 242 g/mol. The molecule has 0 aliphatic carbocycles. The lowest BCUT2D eigenvalue weighted by Gasteiger charge is -2.29. The third kappa shape index (κ3) is 2.81. The normalized spacial score (nSPS) is 11.9. The van der Waals surface area contributed by atoms with Gasteiger partial charge < -0.3 is 20.6 Å². The average molecular weight is 263 g/mol. The Labute approximate surface area is 112 Å². The smallest absolute Gasteiger partial charge is 0.295 e. The molecule has 5 heteroatoms. The molecule has 0 atom stereocenters. The molecule has 0 saturated carbocycles. The molecule has 104 valence electrons. The molecule has 0 bridgehead atoms. The van der Waals surface area contributed by atoms with Gasteiger partial charge in [-0.2, -0.15) is 4.98 Å². The zero-order valence-electron chi connectivity index (χ0n) is 11.4. The van der Waals surface area contributed by atoms with Crippen LogP contribution < -0.4 is 11.1 Å². The summed E-state index contributed by atoms with van der Waals surface area (Å²) in [5, 5.41) is 12.7. The number of rotatable bonds is 6. The summed E-state index contributed by atoms with van der Waals surface area (Å²) in [5.41, 5.74) is 7.69. The quantitative estimate of drug-likeness (QED) is 0.698. The van der Waals surface area contributed by atoms with E-state index in [1.165, 1.54) is 0 Å². The first-order valence-corrected chi connectivity index (χ1v) is 6.63. The summed E-state index contributed by atoms with van der Waals surface area (Å²) in [7, 11) is 0. The van der Waals surface area contributed by atoms with E-state index in [0.717, 1.165) is 18.4 Å². The van der Waals surface area contributed by atoms with E-state index in [0.29, 0.717) is 23.8 Å². The first-order valence-electron chi connectivity index (χ1n) is 6.63. The second-order valence-electron chi connectivity index (χ2n) is 4.96. The van der Waals surface area contributed by atoms with Gasteiger partial charge in [-0.05, 0) is 31.0 Å². The number of aliphatic hydroxyl groups is 1. The van der Waals surface area contributed by atoms with Gasteiger partial charge in [0.2, 0.25) is 0 Å². The van der Waals surface area contributed by atoms with Gasteiger partial charge >= 0.3 is 0 Å². The van der Waals surface area contributed by atoms with Gasteiger partial charge in [0.1, 0.15) is 5.52 Å². The Bertz CT molecular complexity index is 538. The number of benzene rings is 1. The predicted molar refractivity (Wildman–Crippen MR) is 77.0 cm³/mol. The van der Waals surface area contributed by atoms with Crippen LogP contribution in [0.15, 0.2) is 22.6 Å². The third-order valence-corrected chi connectivity index (χ3v) is 3.86. The van der Waals surface area contributed by atoms with Crippen LogP contribution in [0.25, 0.3) is 11.1 Å². The molecule has 0 saturated heterocycles. The van der Waals surface area contributed by atoms with E-state index < -0.39 is 0 Å². The standard InChI is InChI=1S/C14H21N3O2/c1-3-14(4-2,9-18)8-16-13-17-11-7-10(15)5-6-12(11)19-13/h5-7,18H,3-4,8-9,15H2,1-2H3,(H,16,17). The van der Waals surface area contributed by atoms with Crippen LogP contribution in [-0.4, -0.2) is 23.2 Å². The zero-order valence-corrected chi connectivity index (χ0v) is 11.4. The van der Waals surface area contributed by atoms with Crippen LogP contribution in [0, 0.1) is 5.41 Å². The highest BCUT2D eigenvalue weighted by Crippen LogP contribution is 2.27. The van der Waals surface area contributed by atoms with Crippen LogP contribution in [0.3, 0.4) is 0 Å². The van der Waals surface area contributed by atoms with Crippen LogP contribution in [0.1, 0.15) is 26.7 Å². The first kappa shape index (κ1) is 13.7. The Hall–Kier alpha value is -1.75. The van der Waals surface area contributed by atoms with Gasteiger partial charge in [-0.25, -0.2) is 0 Å². The minimum Gasteiger partial charge on any atom is -0.424 e. The summed E-state index contributed by atoms with van der Waals surface area (Å²) in [6, 6.07) is 5.85. The fraction of sp³-hybridized carbons (Fsp3) is 0.500. The molecule has 5 nitrogen and oxygen atoms in total. The van der Waals surface area contributed by atoms with E-state index in [1.807, 2.05) is 6.07 Å². The molecule has 19 heavy (non-hydrogen) atoms. The molecule has 0 radical (unpaired) electrons. The number of nitrogens with two attached hydrogens (primary N) is 1. The molecule has 0 amide bonds. The van der Waals surface area contributed by atoms with Crippen molar-refractivity contribution in [3.05, 3.63) is 18.2 Å². The summed E-state index contributed by atoms with van der Waals surface area (Å²) in [6.07, 6.45) is 1.81. The number of oxazole rings is 1. The summed E-state index contributed by atoms with van der Waals surface area (Å²) in [6.45, 7) is 4.95. The number of fused-ring (bicyclic) bond motifs is 1. The molecule has 2 rings (SSSR count). The van der Waals surface area contributed by atoms with Crippen molar-refractivity contribution in [1.82, 2.24) is 4.98 Å². The number of hydrogen-bond donors (Lipinski definition) is 3. The molecule has 4 N–H and O–H groups in total. The molecular formula is C14H21N3O2. The summed E-state index contributed by atoms with van der Waals surface area (Å²) < 4.78 is 5.59. The molecule has 2 aromatic rings. The van der Waals surface area contributed by atoms with Crippen LogP contribution in [-0.2, 0) is 0 Å². The van der Waals surface area contributed by atoms with Crippen molar-refractivity contribution < 1.29 is 9.52 Å². The molecule has 0 aliphatic rings. The maximum absolute atomic E-state index is 9.52. The maximum atomic E-state index is 9.52. The van der Waals surface area contributed by atoms with Gasteiger partial charge in [-0.3, -0.25) is 0 Å². The number of nitrogen functional groups attached to an aromatic ring is 1. The van der Waals surface area contributed by atoms with E-state index in [1.54, 1.807) is 12.1 Å². The van der Waals surface area contributed by atoms with Gasteiger partial charge in [0.15, 0.2) is 5.58 Å². The Kier molecular flexibility index (Phi) is 3.95. The molecule has 0 unspecified atom stereocenters. The van der Waals surface area contributed by atoms with E-state index >= 15 is 0 Å². The first-order chi connectivity index (χ1) is 9.12. The second-order valence-corrected chi connectivity index (χ2v) is 4.96. The minimum absolute atomic E-state index is 0.125. The Morgan fingerprint density at radius 2 is 2.11 bits per heavy atom. The Balaban J connectivity index is 2.13. The Morgan fingerprint density at radius 3 is 2.74 bits per heavy atom. The van der Waals surface area contributed by atoms with Crippen LogP contribution in [0.5, 0.6) is 0 Å². The molecule has 0 fully saturated rings. The SMILES string of the molecule is CCC(CC)(CO)CNc1nc2cc(N)ccc2o1. The van der Waals surface area contributed by atoms with Crippen LogP contribution in [0.4, 0.5) is 11.7 Å². The van der Waals surface area contributed by atoms with Gasteiger partial charge in [0.05, 0.1) is 6.61 Å². The molecule has 1 aromatic heterocycles. The van der Waals surface area contributed by atoms with Gasteiger partial charge in [0.25, 0.3) is 6.01 Å². The van der Waals surface area contributed by atoms with E-state index in [4.69, 9.17) is 10.2 Å². The zero-order chi connectivity index (χ0) is 13.9. The predicted octanol–water partition coefficient (Wildman–Crippen LogP) is 2.62. The number of aliphatic hydroxyl groups excluding tert-OH is 1. The minimum atomic E-state index is -0.125. The fourth-order valence-corrected chi connectivity index (χ4v) is 2.06. The van der Waals surface area contributed by atoms with Crippen molar-refractivity contribution in [3.63, 3.8) is 0 Å². The largest absolute Gasteiger partial charge is 0.424 e. The van der Waals surface area contributed by atoms with E-state index in [2.05, 4.69) is 24.1 Å². The lowest BCUT2D eigenvalue weighted by atomic mass is 9.83. The fourth-order valence-electron chi connectivity index (χ4n) is 2.06. The number of aromatic nitrogens is 1. The van der Waals surface area contributed by atoms with Crippen molar-refractivity contribution in [2.45, 2.75) is 26.7 Å². The third-order valence-electron chi connectivity index (χ3n) is 3.86. The Morgan fingerprint density at radius 1 is 1.37 bits per heavy atom. The highest BCUT2D eigenvalue weighted by molar-refractivity contribution is 5.78.